The van der Waals surface area contributed by atoms with Crippen LogP contribution in [-0.4, -0.2) is 22.8 Å². The zero-order chi connectivity index (χ0) is 14.0. The molecule has 0 spiro atoms. The number of nitrogens with zero attached hydrogens (tertiary/aromatic N) is 1. The minimum atomic E-state index is -0.597. The molecule has 1 fully saturated rings. The van der Waals surface area contributed by atoms with Crippen LogP contribution in [0.15, 0.2) is 36.5 Å². The van der Waals surface area contributed by atoms with E-state index in [2.05, 4.69) is 4.98 Å². The standard InChI is InChI=1S/C17H21NO2/c1-20-17(10-3-2-4-11-17)16(19)14-7-5-9-15-13(14)8-6-12-18-15/h5-9,12,16,19H,2-4,10-11H2,1H3. The van der Waals surface area contributed by atoms with Crippen molar-refractivity contribution in [1.82, 2.24) is 4.98 Å². The number of hydrogen-bond donors (Lipinski definition) is 1. The number of rotatable bonds is 3. The van der Waals surface area contributed by atoms with E-state index in [1.54, 1.807) is 13.3 Å². The van der Waals surface area contributed by atoms with Gasteiger partial charge in [0.1, 0.15) is 6.10 Å². The summed E-state index contributed by atoms with van der Waals surface area (Å²) in [5.41, 5.74) is 1.41. The first kappa shape index (κ1) is 13.5. The molecule has 1 aromatic carbocycles. The molecule has 1 aliphatic rings. The molecule has 1 atom stereocenters. The molecule has 1 N–H and O–H groups in total. The summed E-state index contributed by atoms with van der Waals surface area (Å²) in [6.07, 6.45) is 6.49. The molecule has 106 valence electrons. The van der Waals surface area contributed by atoms with Crippen molar-refractivity contribution in [3.63, 3.8) is 0 Å². The van der Waals surface area contributed by atoms with E-state index in [0.29, 0.717) is 0 Å². The van der Waals surface area contributed by atoms with E-state index >= 15 is 0 Å². The number of benzene rings is 1. The summed E-state index contributed by atoms with van der Waals surface area (Å²) >= 11 is 0. The van der Waals surface area contributed by atoms with Crippen molar-refractivity contribution >= 4 is 10.9 Å². The third-order valence-electron chi connectivity index (χ3n) is 4.58. The molecule has 1 heterocycles. The number of fused-ring (bicyclic) bond motifs is 1. The van der Waals surface area contributed by atoms with Gasteiger partial charge >= 0.3 is 0 Å². The number of pyridine rings is 1. The van der Waals surface area contributed by atoms with E-state index in [0.717, 1.165) is 42.1 Å². The molecule has 1 unspecified atom stereocenters. The Labute approximate surface area is 119 Å². The van der Waals surface area contributed by atoms with Gasteiger partial charge in [0.2, 0.25) is 0 Å². The van der Waals surface area contributed by atoms with Gasteiger partial charge in [0.15, 0.2) is 0 Å². The quantitative estimate of drug-likeness (QED) is 0.927. The maximum atomic E-state index is 10.9. The zero-order valence-electron chi connectivity index (χ0n) is 11.9. The highest BCUT2D eigenvalue weighted by molar-refractivity contribution is 5.82. The molecule has 3 rings (SSSR count). The molecule has 1 aliphatic carbocycles. The summed E-state index contributed by atoms with van der Waals surface area (Å²) in [5, 5.41) is 12.0. The summed E-state index contributed by atoms with van der Waals surface area (Å²) in [6.45, 7) is 0. The predicted molar refractivity (Wildman–Crippen MR) is 79.5 cm³/mol. The number of ether oxygens (including phenoxy) is 1. The lowest BCUT2D eigenvalue weighted by Crippen LogP contribution is -2.40. The zero-order valence-corrected chi connectivity index (χ0v) is 11.9. The van der Waals surface area contributed by atoms with Crippen molar-refractivity contribution in [2.24, 2.45) is 0 Å². The summed E-state index contributed by atoms with van der Waals surface area (Å²) in [7, 11) is 1.72. The van der Waals surface area contributed by atoms with Crippen LogP contribution in [0.2, 0.25) is 0 Å². The first-order valence-electron chi connectivity index (χ1n) is 7.34. The summed E-state index contributed by atoms with van der Waals surface area (Å²) < 4.78 is 5.77. The van der Waals surface area contributed by atoms with Crippen LogP contribution in [0, 0.1) is 0 Å². The molecule has 2 aromatic rings. The van der Waals surface area contributed by atoms with Gasteiger partial charge in [0.25, 0.3) is 0 Å². The molecular formula is C17H21NO2. The normalized spacial score (nSPS) is 19.9. The van der Waals surface area contributed by atoms with E-state index in [4.69, 9.17) is 4.74 Å². The minimum absolute atomic E-state index is 0.442. The molecule has 0 saturated heterocycles. The van der Waals surface area contributed by atoms with E-state index < -0.39 is 11.7 Å². The van der Waals surface area contributed by atoms with Crippen molar-refractivity contribution < 1.29 is 9.84 Å². The fourth-order valence-corrected chi connectivity index (χ4v) is 3.39. The van der Waals surface area contributed by atoms with E-state index in [1.165, 1.54) is 6.42 Å². The molecule has 0 aliphatic heterocycles. The second-order valence-corrected chi connectivity index (χ2v) is 5.65. The number of aromatic nitrogens is 1. The lowest BCUT2D eigenvalue weighted by atomic mass is 9.77. The number of hydrogen-bond acceptors (Lipinski definition) is 3. The highest BCUT2D eigenvalue weighted by Crippen LogP contribution is 2.42. The Morgan fingerprint density at radius 2 is 1.95 bits per heavy atom. The van der Waals surface area contributed by atoms with E-state index in [9.17, 15) is 5.11 Å². The SMILES string of the molecule is COC1(C(O)c2cccc3ncccc23)CCCCC1. The fourth-order valence-electron chi connectivity index (χ4n) is 3.39. The Morgan fingerprint density at radius 1 is 1.15 bits per heavy atom. The average Bonchev–Trinajstić information content (AvgIpc) is 2.54. The molecule has 20 heavy (non-hydrogen) atoms. The molecule has 3 nitrogen and oxygen atoms in total. The molecule has 0 radical (unpaired) electrons. The molecular weight excluding hydrogens is 250 g/mol. The van der Waals surface area contributed by atoms with Crippen LogP contribution in [0.4, 0.5) is 0 Å². The van der Waals surface area contributed by atoms with Crippen molar-refractivity contribution in [1.29, 1.82) is 0 Å². The van der Waals surface area contributed by atoms with Crippen LogP contribution in [0.25, 0.3) is 10.9 Å². The Morgan fingerprint density at radius 3 is 2.70 bits per heavy atom. The van der Waals surface area contributed by atoms with Crippen molar-refractivity contribution in [3.05, 3.63) is 42.1 Å². The van der Waals surface area contributed by atoms with Crippen molar-refractivity contribution in [2.75, 3.05) is 7.11 Å². The highest BCUT2D eigenvalue weighted by atomic mass is 16.5. The first-order valence-corrected chi connectivity index (χ1v) is 7.34. The van der Waals surface area contributed by atoms with Gasteiger partial charge in [-0.2, -0.15) is 0 Å². The van der Waals surface area contributed by atoms with Crippen LogP contribution in [0.1, 0.15) is 43.8 Å². The van der Waals surface area contributed by atoms with Gasteiger partial charge in [-0.3, -0.25) is 4.98 Å². The van der Waals surface area contributed by atoms with Gasteiger partial charge in [-0.25, -0.2) is 0 Å². The van der Waals surface area contributed by atoms with Gasteiger partial charge in [0, 0.05) is 18.7 Å². The topological polar surface area (TPSA) is 42.4 Å². The van der Waals surface area contributed by atoms with Crippen LogP contribution >= 0.6 is 0 Å². The minimum Gasteiger partial charge on any atom is -0.385 e. The summed E-state index contributed by atoms with van der Waals surface area (Å²) in [5.74, 6) is 0. The summed E-state index contributed by atoms with van der Waals surface area (Å²) in [4.78, 5) is 4.37. The van der Waals surface area contributed by atoms with E-state index in [1.807, 2.05) is 30.3 Å². The Bertz CT molecular complexity index is 585. The monoisotopic (exact) mass is 271 g/mol. The second-order valence-electron chi connectivity index (χ2n) is 5.65. The van der Waals surface area contributed by atoms with Gasteiger partial charge in [-0.1, -0.05) is 37.5 Å². The second kappa shape index (κ2) is 5.51. The molecule has 0 bridgehead atoms. The fraction of sp³-hybridized carbons (Fsp3) is 0.471. The van der Waals surface area contributed by atoms with Gasteiger partial charge < -0.3 is 9.84 Å². The molecule has 3 heteroatoms. The first-order chi connectivity index (χ1) is 9.77. The smallest absolute Gasteiger partial charge is 0.109 e. The average molecular weight is 271 g/mol. The largest absolute Gasteiger partial charge is 0.385 e. The van der Waals surface area contributed by atoms with Crippen LogP contribution in [-0.2, 0) is 4.74 Å². The van der Waals surface area contributed by atoms with Crippen molar-refractivity contribution in [2.45, 2.75) is 43.8 Å². The number of aliphatic hydroxyl groups excluding tert-OH is 1. The highest BCUT2D eigenvalue weighted by Gasteiger charge is 2.40. The van der Waals surface area contributed by atoms with Gasteiger partial charge in [-0.05, 0) is 30.5 Å². The Hall–Kier alpha value is -1.45. The maximum absolute atomic E-state index is 10.9. The van der Waals surface area contributed by atoms with Crippen LogP contribution < -0.4 is 0 Å². The molecule has 0 amide bonds. The van der Waals surface area contributed by atoms with E-state index in [-0.39, 0.29) is 0 Å². The molecule has 1 saturated carbocycles. The lowest BCUT2D eigenvalue weighted by Gasteiger charge is -2.40. The van der Waals surface area contributed by atoms with Crippen molar-refractivity contribution in [3.8, 4) is 0 Å². The number of methoxy groups -OCH3 is 1. The predicted octanol–water partition coefficient (Wildman–Crippen LogP) is 3.62. The van der Waals surface area contributed by atoms with Gasteiger partial charge in [-0.15, -0.1) is 0 Å². The number of aliphatic hydroxyl groups is 1. The van der Waals surface area contributed by atoms with Gasteiger partial charge in [0.05, 0.1) is 11.1 Å². The third kappa shape index (κ3) is 2.21. The van der Waals surface area contributed by atoms with Crippen LogP contribution in [0.3, 0.4) is 0 Å². The maximum Gasteiger partial charge on any atom is 0.109 e. The summed E-state index contributed by atoms with van der Waals surface area (Å²) in [6, 6.07) is 9.86. The van der Waals surface area contributed by atoms with Crippen LogP contribution in [0.5, 0.6) is 0 Å². The lowest BCUT2D eigenvalue weighted by molar-refractivity contribution is -0.124. The Balaban J connectivity index is 2.05. The molecule has 1 aromatic heterocycles. The third-order valence-corrected chi connectivity index (χ3v) is 4.58. The Kier molecular flexibility index (Phi) is 3.72.